The number of rotatable bonds is 2. The van der Waals surface area contributed by atoms with Gasteiger partial charge in [-0.1, -0.05) is 37.1 Å². The van der Waals surface area contributed by atoms with E-state index in [0.717, 1.165) is 20.7 Å². The number of nitrogen functional groups attached to an aromatic ring is 1. The van der Waals surface area contributed by atoms with Crippen molar-refractivity contribution in [1.29, 1.82) is 0 Å². The van der Waals surface area contributed by atoms with Crippen LogP contribution in [0.5, 0.6) is 0 Å². The summed E-state index contributed by atoms with van der Waals surface area (Å²) in [6.45, 7) is 2.09. The van der Waals surface area contributed by atoms with Gasteiger partial charge >= 0.3 is 0 Å². The lowest BCUT2D eigenvalue weighted by molar-refractivity contribution is 0.691. The van der Waals surface area contributed by atoms with Crippen molar-refractivity contribution in [2.45, 2.75) is 38.5 Å². The van der Waals surface area contributed by atoms with Crippen LogP contribution in [0.2, 0.25) is 0 Å². The van der Waals surface area contributed by atoms with Crippen molar-refractivity contribution >= 4 is 28.4 Å². The van der Waals surface area contributed by atoms with Gasteiger partial charge in [0.15, 0.2) is 5.82 Å². The molecule has 104 valence electrons. The smallest absolute Gasteiger partial charge is 0.162 e. The minimum Gasteiger partial charge on any atom is -0.383 e. The molecule has 0 spiro atoms. The topological polar surface area (TPSA) is 51.8 Å². The Morgan fingerprint density at radius 3 is 2.55 bits per heavy atom. The number of aryl methyl sites for hydroxylation is 1. The van der Waals surface area contributed by atoms with E-state index in [0.29, 0.717) is 11.7 Å². The molecule has 0 radical (unpaired) electrons. The third-order valence-corrected chi connectivity index (χ3v) is 5.14. The molecule has 0 aliphatic heterocycles. The first kappa shape index (κ1) is 13.8. The zero-order valence-corrected chi connectivity index (χ0v) is 13.7. The molecule has 0 bridgehead atoms. The van der Waals surface area contributed by atoms with Gasteiger partial charge in [-0.05, 0) is 47.9 Å². The summed E-state index contributed by atoms with van der Waals surface area (Å²) >= 11 is 2.29. The maximum atomic E-state index is 6.12. The lowest BCUT2D eigenvalue weighted by atomic mass is 10.0. The second kappa shape index (κ2) is 5.68. The molecule has 1 fully saturated rings. The van der Waals surface area contributed by atoms with Gasteiger partial charge in [0.1, 0.15) is 5.82 Å². The average Bonchev–Trinajstić information content (AvgIpc) is 2.96. The van der Waals surface area contributed by atoms with Gasteiger partial charge < -0.3 is 5.73 Å². The molecule has 1 aliphatic carbocycles. The Labute approximate surface area is 133 Å². The van der Waals surface area contributed by atoms with E-state index in [9.17, 15) is 0 Å². The van der Waals surface area contributed by atoms with Gasteiger partial charge in [0.25, 0.3) is 0 Å². The van der Waals surface area contributed by atoms with Crippen LogP contribution in [-0.4, -0.2) is 9.97 Å². The third kappa shape index (κ3) is 2.53. The Balaban J connectivity index is 2.11. The normalized spacial score (nSPS) is 15.7. The van der Waals surface area contributed by atoms with Crippen molar-refractivity contribution in [1.82, 2.24) is 9.97 Å². The minimum absolute atomic E-state index is 0.551. The third-order valence-electron chi connectivity index (χ3n) is 4.03. The zero-order valence-electron chi connectivity index (χ0n) is 11.6. The van der Waals surface area contributed by atoms with E-state index in [1.807, 2.05) is 12.1 Å². The highest BCUT2D eigenvalue weighted by molar-refractivity contribution is 14.1. The maximum absolute atomic E-state index is 6.12. The van der Waals surface area contributed by atoms with Crippen LogP contribution in [0.3, 0.4) is 0 Å². The Hall–Kier alpha value is -1.17. The second-order valence-corrected chi connectivity index (χ2v) is 6.51. The maximum Gasteiger partial charge on any atom is 0.162 e. The fourth-order valence-corrected chi connectivity index (χ4v) is 3.58. The predicted molar refractivity (Wildman–Crippen MR) is 90.5 cm³/mol. The van der Waals surface area contributed by atoms with Crippen LogP contribution in [0.25, 0.3) is 11.4 Å². The standard InChI is InChI=1S/C16H18IN3/c1-10-6-2-5-9-12(10)16-19-14(11-7-3-4-8-11)13(17)15(18)20-16/h2,5-6,9,11H,3-4,7-8H2,1H3,(H2,18,19,20). The quantitative estimate of drug-likeness (QED) is 0.792. The highest BCUT2D eigenvalue weighted by Crippen LogP contribution is 2.37. The van der Waals surface area contributed by atoms with E-state index in [-0.39, 0.29) is 0 Å². The van der Waals surface area contributed by atoms with Crippen LogP contribution in [-0.2, 0) is 0 Å². The number of anilines is 1. The zero-order chi connectivity index (χ0) is 14.1. The summed E-state index contributed by atoms with van der Waals surface area (Å²) in [7, 11) is 0. The summed E-state index contributed by atoms with van der Waals surface area (Å²) in [6.07, 6.45) is 5.04. The number of nitrogens with zero attached hydrogens (tertiary/aromatic N) is 2. The van der Waals surface area contributed by atoms with E-state index in [4.69, 9.17) is 10.7 Å². The van der Waals surface area contributed by atoms with Crippen LogP contribution < -0.4 is 5.73 Å². The first-order valence-corrected chi connectivity index (χ1v) is 8.13. The fraction of sp³-hybridized carbons (Fsp3) is 0.375. The molecule has 2 aromatic rings. The van der Waals surface area contributed by atoms with Crippen LogP contribution in [0.4, 0.5) is 5.82 Å². The van der Waals surface area contributed by atoms with E-state index < -0.39 is 0 Å². The van der Waals surface area contributed by atoms with E-state index in [2.05, 4.69) is 46.6 Å². The lowest BCUT2D eigenvalue weighted by Crippen LogP contribution is -2.08. The molecule has 2 N–H and O–H groups in total. The summed E-state index contributed by atoms with van der Waals surface area (Å²) in [5.41, 5.74) is 9.53. The number of aromatic nitrogens is 2. The molecular formula is C16H18IN3. The van der Waals surface area contributed by atoms with Gasteiger partial charge in [0, 0.05) is 11.5 Å². The molecule has 1 aliphatic rings. The number of nitrogens with two attached hydrogens (primary N) is 1. The van der Waals surface area contributed by atoms with E-state index in [1.54, 1.807) is 0 Å². The summed E-state index contributed by atoms with van der Waals surface area (Å²) in [6, 6.07) is 8.21. The molecule has 0 amide bonds. The van der Waals surface area contributed by atoms with Gasteiger partial charge in [-0.25, -0.2) is 9.97 Å². The number of benzene rings is 1. The number of halogens is 1. The van der Waals surface area contributed by atoms with Crippen LogP contribution in [0.15, 0.2) is 24.3 Å². The van der Waals surface area contributed by atoms with Crippen LogP contribution >= 0.6 is 22.6 Å². The SMILES string of the molecule is Cc1ccccc1-c1nc(N)c(I)c(C2CCCC2)n1. The molecule has 0 atom stereocenters. The first-order chi connectivity index (χ1) is 9.66. The number of hydrogen-bond acceptors (Lipinski definition) is 3. The largest absolute Gasteiger partial charge is 0.383 e. The van der Waals surface area contributed by atoms with Crippen molar-refractivity contribution in [3.8, 4) is 11.4 Å². The molecule has 3 rings (SSSR count). The summed E-state index contributed by atoms with van der Waals surface area (Å²) in [5, 5.41) is 0. The minimum atomic E-state index is 0.551. The molecule has 1 heterocycles. The average molecular weight is 379 g/mol. The van der Waals surface area contributed by atoms with Crippen molar-refractivity contribution < 1.29 is 0 Å². The van der Waals surface area contributed by atoms with Crippen LogP contribution in [0, 0.1) is 10.5 Å². The van der Waals surface area contributed by atoms with E-state index >= 15 is 0 Å². The van der Waals surface area contributed by atoms with Gasteiger partial charge in [0.05, 0.1) is 9.26 Å². The molecule has 4 heteroatoms. The molecule has 1 saturated carbocycles. The Morgan fingerprint density at radius 2 is 1.85 bits per heavy atom. The molecule has 20 heavy (non-hydrogen) atoms. The van der Waals surface area contributed by atoms with Crippen molar-refractivity contribution in [2.75, 3.05) is 5.73 Å². The summed E-state index contributed by atoms with van der Waals surface area (Å²) < 4.78 is 1.03. The van der Waals surface area contributed by atoms with Crippen molar-refractivity contribution in [2.24, 2.45) is 0 Å². The molecule has 1 aromatic heterocycles. The first-order valence-electron chi connectivity index (χ1n) is 7.05. The van der Waals surface area contributed by atoms with Crippen molar-refractivity contribution in [3.05, 3.63) is 39.1 Å². The lowest BCUT2D eigenvalue weighted by Gasteiger charge is -2.14. The second-order valence-electron chi connectivity index (χ2n) is 5.43. The van der Waals surface area contributed by atoms with E-state index in [1.165, 1.54) is 31.2 Å². The molecule has 3 nitrogen and oxygen atoms in total. The van der Waals surface area contributed by atoms with Gasteiger partial charge in [-0.15, -0.1) is 0 Å². The van der Waals surface area contributed by atoms with Gasteiger partial charge in [0.2, 0.25) is 0 Å². The van der Waals surface area contributed by atoms with Gasteiger partial charge in [-0.2, -0.15) is 0 Å². The highest BCUT2D eigenvalue weighted by Gasteiger charge is 2.23. The van der Waals surface area contributed by atoms with Gasteiger partial charge in [-0.3, -0.25) is 0 Å². The Kier molecular flexibility index (Phi) is 3.92. The molecule has 0 saturated heterocycles. The van der Waals surface area contributed by atoms with Crippen LogP contribution in [0.1, 0.15) is 42.9 Å². The monoisotopic (exact) mass is 379 g/mol. The summed E-state index contributed by atoms with van der Waals surface area (Å²) in [4.78, 5) is 9.34. The number of hydrogen-bond donors (Lipinski definition) is 1. The Morgan fingerprint density at radius 1 is 1.15 bits per heavy atom. The fourth-order valence-electron chi connectivity index (χ4n) is 2.90. The van der Waals surface area contributed by atoms with Crippen molar-refractivity contribution in [3.63, 3.8) is 0 Å². The molecule has 0 unspecified atom stereocenters. The predicted octanol–water partition coefficient (Wildman–Crippen LogP) is 4.30. The molecular weight excluding hydrogens is 361 g/mol. The Bertz CT molecular complexity index is 634. The molecule has 1 aromatic carbocycles. The summed E-state index contributed by atoms with van der Waals surface area (Å²) in [5.74, 6) is 1.93. The highest BCUT2D eigenvalue weighted by atomic mass is 127.